The van der Waals surface area contributed by atoms with Crippen LogP contribution in [0.3, 0.4) is 0 Å². The third kappa shape index (κ3) is 2.85. The standard InChI is InChI=1S/C10H13Cl2NO/c1-2-13-6-9(14)7-4-3-5-8(11)10(7)12/h3-5,9,13-14H,2,6H2,1H3. The Morgan fingerprint density at radius 3 is 2.79 bits per heavy atom. The fourth-order valence-electron chi connectivity index (χ4n) is 1.17. The van der Waals surface area contributed by atoms with Crippen molar-refractivity contribution in [2.24, 2.45) is 0 Å². The number of halogens is 2. The van der Waals surface area contributed by atoms with Crippen LogP contribution in [0.5, 0.6) is 0 Å². The Labute approximate surface area is 93.8 Å². The molecule has 2 N–H and O–H groups in total. The molecule has 1 aromatic carbocycles. The Hall–Kier alpha value is -0.280. The molecule has 0 spiro atoms. The number of likely N-dealkylation sites (N-methyl/N-ethyl adjacent to an activating group) is 1. The van der Waals surface area contributed by atoms with Gasteiger partial charge in [-0.1, -0.05) is 42.3 Å². The third-order valence-electron chi connectivity index (χ3n) is 1.93. The van der Waals surface area contributed by atoms with Gasteiger partial charge >= 0.3 is 0 Å². The van der Waals surface area contributed by atoms with Gasteiger partial charge in [-0.3, -0.25) is 0 Å². The van der Waals surface area contributed by atoms with E-state index in [2.05, 4.69) is 5.32 Å². The summed E-state index contributed by atoms with van der Waals surface area (Å²) in [6, 6.07) is 5.25. The lowest BCUT2D eigenvalue weighted by atomic mass is 10.1. The van der Waals surface area contributed by atoms with Gasteiger partial charge in [-0.05, 0) is 12.6 Å². The topological polar surface area (TPSA) is 32.3 Å². The molecule has 78 valence electrons. The van der Waals surface area contributed by atoms with Crippen molar-refractivity contribution in [3.63, 3.8) is 0 Å². The van der Waals surface area contributed by atoms with Crippen LogP contribution in [0.25, 0.3) is 0 Å². The molecule has 1 aromatic rings. The van der Waals surface area contributed by atoms with E-state index in [1.54, 1.807) is 18.2 Å². The number of benzene rings is 1. The molecule has 0 fully saturated rings. The first-order valence-electron chi connectivity index (χ1n) is 4.49. The van der Waals surface area contributed by atoms with Crippen molar-refractivity contribution in [2.45, 2.75) is 13.0 Å². The van der Waals surface area contributed by atoms with E-state index in [1.807, 2.05) is 6.92 Å². The van der Waals surface area contributed by atoms with E-state index in [9.17, 15) is 5.11 Å². The fourth-order valence-corrected chi connectivity index (χ4v) is 1.60. The second-order valence-corrected chi connectivity index (χ2v) is 3.75. The zero-order valence-electron chi connectivity index (χ0n) is 7.93. The van der Waals surface area contributed by atoms with Gasteiger partial charge in [-0.15, -0.1) is 0 Å². The van der Waals surface area contributed by atoms with Crippen LogP contribution in [0.4, 0.5) is 0 Å². The van der Waals surface area contributed by atoms with Gasteiger partial charge in [0.2, 0.25) is 0 Å². The quantitative estimate of drug-likeness (QED) is 0.839. The molecular weight excluding hydrogens is 221 g/mol. The van der Waals surface area contributed by atoms with E-state index in [1.165, 1.54) is 0 Å². The highest BCUT2D eigenvalue weighted by atomic mass is 35.5. The maximum Gasteiger partial charge on any atom is 0.0929 e. The Morgan fingerprint density at radius 2 is 2.14 bits per heavy atom. The van der Waals surface area contributed by atoms with Crippen molar-refractivity contribution in [2.75, 3.05) is 13.1 Å². The summed E-state index contributed by atoms with van der Waals surface area (Å²) in [5, 5.41) is 13.7. The van der Waals surface area contributed by atoms with Crippen LogP contribution < -0.4 is 5.32 Å². The van der Waals surface area contributed by atoms with E-state index in [0.717, 1.165) is 6.54 Å². The summed E-state index contributed by atoms with van der Waals surface area (Å²) in [7, 11) is 0. The molecular formula is C10H13Cl2NO. The summed E-state index contributed by atoms with van der Waals surface area (Å²) in [6.45, 7) is 3.28. The largest absolute Gasteiger partial charge is 0.387 e. The predicted octanol–water partition coefficient (Wildman–Crippen LogP) is 2.64. The molecule has 0 bridgehead atoms. The van der Waals surface area contributed by atoms with Crippen molar-refractivity contribution in [3.05, 3.63) is 33.8 Å². The summed E-state index contributed by atoms with van der Waals surface area (Å²) >= 11 is 11.8. The van der Waals surface area contributed by atoms with Crippen molar-refractivity contribution >= 4 is 23.2 Å². The Bertz CT molecular complexity index is 304. The molecule has 0 aliphatic carbocycles. The van der Waals surface area contributed by atoms with Crippen LogP contribution >= 0.6 is 23.2 Å². The first-order valence-corrected chi connectivity index (χ1v) is 5.25. The first kappa shape index (κ1) is 11.8. The van der Waals surface area contributed by atoms with Gasteiger partial charge in [0.25, 0.3) is 0 Å². The Kier molecular flexibility index (Phi) is 4.69. The number of hydrogen-bond donors (Lipinski definition) is 2. The summed E-state index contributed by atoms with van der Waals surface area (Å²) in [4.78, 5) is 0. The average Bonchev–Trinajstić information content (AvgIpc) is 2.18. The van der Waals surface area contributed by atoms with Crippen LogP contribution in [-0.2, 0) is 0 Å². The van der Waals surface area contributed by atoms with Crippen LogP contribution in [0, 0.1) is 0 Å². The molecule has 4 heteroatoms. The summed E-state index contributed by atoms with van der Waals surface area (Å²) in [5.41, 5.74) is 0.667. The Morgan fingerprint density at radius 1 is 1.43 bits per heavy atom. The van der Waals surface area contributed by atoms with Crippen LogP contribution in [0.1, 0.15) is 18.6 Å². The third-order valence-corrected chi connectivity index (χ3v) is 2.76. The fraction of sp³-hybridized carbons (Fsp3) is 0.400. The normalized spacial score (nSPS) is 12.9. The first-order chi connectivity index (χ1) is 6.66. The zero-order valence-corrected chi connectivity index (χ0v) is 9.44. The van der Waals surface area contributed by atoms with Gasteiger partial charge in [-0.25, -0.2) is 0 Å². The molecule has 0 heterocycles. The maximum atomic E-state index is 9.75. The second-order valence-electron chi connectivity index (χ2n) is 2.97. The highest BCUT2D eigenvalue weighted by Crippen LogP contribution is 2.29. The molecule has 1 atom stereocenters. The maximum absolute atomic E-state index is 9.75. The lowest BCUT2D eigenvalue weighted by Crippen LogP contribution is -2.21. The lowest BCUT2D eigenvalue weighted by molar-refractivity contribution is 0.176. The van der Waals surface area contributed by atoms with E-state index in [4.69, 9.17) is 23.2 Å². The average molecular weight is 234 g/mol. The molecule has 0 aliphatic heterocycles. The predicted molar refractivity (Wildman–Crippen MR) is 60.0 cm³/mol. The molecule has 2 nitrogen and oxygen atoms in total. The summed E-state index contributed by atoms with van der Waals surface area (Å²) < 4.78 is 0. The van der Waals surface area contributed by atoms with Crippen LogP contribution in [-0.4, -0.2) is 18.2 Å². The molecule has 0 saturated heterocycles. The van der Waals surface area contributed by atoms with Crippen molar-refractivity contribution < 1.29 is 5.11 Å². The molecule has 0 amide bonds. The molecule has 0 aromatic heterocycles. The van der Waals surface area contributed by atoms with Gasteiger partial charge in [0.05, 0.1) is 16.1 Å². The van der Waals surface area contributed by atoms with Gasteiger partial charge < -0.3 is 10.4 Å². The minimum absolute atomic E-state index is 0.430. The molecule has 0 radical (unpaired) electrons. The van der Waals surface area contributed by atoms with Crippen molar-refractivity contribution in [1.82, 2.24) is 5.32 Å². The van der Waals surface area contributed by atoms with Gasteiger partial charge in [0, 0.05) is 12.1 Å². The van der Waals surface area contributed by atoms with Gasteiger partial charge in [0.1, 0.15) is 0 Å². The molecule has 1 rings (SSSR count). The van der Waals surface area contributed by atoms with E-state index in [0.29, 0.717) is 22.2 Å². The Balaban J connectivity index is 2.79. The number of rotatable bonds is 4. The number of nitrogens with one attached hydrogen (secondary N) is 1. The summed E-state index contributed by atoms with van der Waals surface area (Å²) in [6.07, 6.45) is -0.610. The number of aliphatic hydroxyl groups excluding tert-OH is 1. The van der Waals surface area contributed by atoms with Crippen molar-refractivity contribution in [1.29, 1.82) is 0 Å². The number of aliphatic hydroxyl groups is 1. The molecule has 0 saturated carbocycles. The van der Waals surface area contributed by atoms with Gasteiger partial charge in [-0.2, -0.15) is 0 Å². The minimum atomic E-state index is -0.610. The second kappa shape index (κ2) is 5.56. The van der Waals surface area contributed by atoms with Gasteiger partial charge in [0.15, 0.2) is 0 Å². The SMILES string of the molecule is CCNCC(O)c1cccc(Cl)c1Cl. The lowest BCUT2D eigenvalue weighted by Gasteiger charge is -2.13. The molecule has 14 heavy (non-hydrogen) atoms. The summed E-state index contributed by atoms with van der Waals surface area (Å²) in [5.74, 6) is 0. The number of hydrogen-bond acceptors (Lipinski definition) is 2. The van der Waals surface area contributed by atoms with Crippen molar-refractivity contribution in [3.8, 4) is 0 Å². The van der Waals surface area contributed by atoms with E-state index >= 15 is 0 Å². The highest BCUT2D eigenvalue weighted by molar-refractivity contribution is 6.42. The smallest absolute Gasteiger partial charge is 0.0929 e. The van der Waals surface area contributed by atoms with Crippen LogP contribution in [0.15, 0.2) is 18.2 Å². The highest BCUT2D eigenvalue weighted by Gasteiger charge is 2.12. The van der Waals surface area contributed by atoms with E-state index in [-0.39, 0.29) is 0 Å². The molecule has 1 unspecified atom stereocenters. The van der Waals surface area contributed by atoms with Crippen LogP contribution in [0.2, 0.25) is 10.0 Å². The molecule has 0 aliphatic rings. The minimum Gasteiger partial charge on any atom is -0.387 e. The monoisotopic (exact) mass is 233 g/mol. The zero-order chi connectivity index (χ0) is 10.6. The van der Waals surface area contributed by atoms with E-state index < -0.39 is 6.10 Å².